The second kappa shape index (κ2) is 8.48. The maximum absolute atomic E-state index is 12.7. The number of benzene rings is 1. The van der Waals surface area contributed by atoms with Crippen LogP contribution >= 0.6 is 12.4 Å². The first-order valence-corrected chi connectivity index (χ1v) is 9.70. The van der Waals surface area contributed by atoms with Gasteiger partial charge < -0.3 is 20.2 Å². The van der Waals surface area contributed by atoms with Crippen molar-refractivity contribution in [3.8, 4) is 5.75 Å². The number of rotatable bonds is 3. The summed E-state index contributed by atoms with van der Waals surface area (Å²) in [4.78, 5) is 28.9. The van der Waals surface area contributed by atoms with Gasteiger partial charge in [0, 0.05) is 50.2 Å². The molecule has 0 radical (unpaired) electrons. The van der Waals surface area contributed by atoms with E-state index in [4.69, 9.17) is 0 Å². The van der Waals surface area contributed by atoms with E-state index in [9.17, 15) is 14.7 Å². The highest BCUT2D eigenvalue weighted by Gasteiger charge is 2.35. The van der Waals surface area contributed by atoms with Gasteiger partial charge in [-0.15, -0.1) is 12.4 Å². The van der Waals surface area contributed by atoms with Crippen LogP contribution in [-0.2, 0) is 4.79 Å². The maximum atomic E-state index is 12.7. The van der Waals surface area contributed by atoms with Gasteiger partial charge in [-0.3, -0.25) is 9.59 Å². The zero-order valence-electron chi connectivity index (χ0n) is 15.5. The molecule has 6 nitrogen and oxygen atoms in total. The minimum Gasteiger partial charge on any atom is -0.508 e. The monoisotopic (exact) mass is 393 g/mol. The van der Waals surface area contributed by atoms with Crippen LogP contribution in [0.2, 0.25) is 0 Å². The quantitative estimate of drug-likeness (QED) is 0.824. The van der Waals surface area contributed by atoms with Crippen LogP contribution < -0.4 is 5.32 Å². The molecule has 3 heterocycles. The molecule has 0 spiro atoms. The fourth-order valence-corrected chi connectivity index (χ4v) is 4.66. The number of hydrogen-bond donors (Lipinski definition) is 2. The van der Waals surface area contributed by atoms with Gasteiger partial charge in [-0.1, -0.05) is 0 Å². The number of phenols is 1. The molecule has 148 valence electrons. The Hall–Kier alpha value is -1.79. The van der Waals surface area contributed by atoms with Crippen LogP contribution in [0.25, 0.3) is 0 Å². The van der Waals surface area contributed by atoms with E-state index >= 15 is 0 Å². The van der Waals surface area contributed by atoms with Crippen molar-refractivity contribution in [1.29, 1.82) is 0 Å². The van der Waals surface area contributed by atoms with Gasteiger partial charge in [-0.2, -0.15) is 0 Å². The predicted octanol–water partition coefficient (Wildman–Crippen LogP) is 2.02. The summed E-state index contributed by atoms with van der Waals surface area (Å²) in [5.41, 5.74) is 0.577. The number of nitrogens with one attached hydrogen (secondary N) is 1. The SMILES string of the molecule is Cl.O=C(CC1CC2CCC(C1)N2)N1CCN(C(=O)c2ccc(O)cc2)CC1. The molecule has 2 bridgehead atoms. The van der Waals surface area contributed by atoms with Crippen LogP contribution in [0.1, 0.15) is 42.5 Å². The second-order valence-corrected chi connectivity index (χ2v) is 7.90. The number of amides is 2. The number of phenolic OH excluding ortho intramolecular Hbond substituents is 1. The topological polar surface area (TPSA) is 72.9 Å². The summed E-state index contributed by atoms with van der Waals surface area (Å²) >= 11 is 0. The summed E-state index contributed by atoms with van der Waals surface area (Å²) < 4.78 is 0. The van der Waals surface area contributed by atoms with Crippen molar-refractivity contribution in [3.05, 3.63) is 29.8 Å². The van der Waals surface area contributed by atoms with Crippen LogP contribution in [-0.4, -0.2) is 65.0 Å². The van der Waals surface area contributed by atoms with E-state index in [1.807, 2.05) is 4.90 Å². The summed E-state index contributed by atoms with van der Waals surface area (Å²) in [6.45, 7) is 2.37. The van der Waals surface area contributed by atoms with E-state index in [-0.39, 0.29) is 30.0 Å². The van der Waals surface area contributed by atoms with Crippen molar-refractivity contribution < 1.29 is 14.7 Å². The third kappa shape index (κ3) is 4.55. The lowest BCUT2D eigenvalue weighted by atomic mass is 9.89. The Morgan fingerprint density at radius 1 is 0.963 bits per heavy atom. The van der Waals surface area contributed by atoms with E-state index in [0.29, 0.717) is 56.2 Å². The minimum atomic E-state index is -0.0352. The molecule has 2 amide bonds. The van der Waals surface area contributed by atoms with Gasteiger partial charge in [0.25, 0.3) is 5.91 Å². The van der Waals surface area contributed by atoms with E-state index < -0.39 is 0 Å². The van der Waals surface area contributed by atoms with Crippen LogP contribution in [0.15, 0.2) is 24.3 Å². The third-order valence-corrected chi connectivity index (χ3v) is 6.07. The molecule has 3 aliphatic rings. The first kappa shape index (κ1) is 20.0. The fourth-order valence-electron chi connectivity index (χ4n) is 4.66. The summed E-state index contributed by atoms with van der Waals surface area (Å²) in [7, 11) is 0. The Bertz CT molecular complexity index is 662. The number of carbonyl (C=O) groups is 2. The van der Waals surface area contributed by atoms with Gasteiger partial charge in [0.2, 0.25) is 5.91 Å². The molecule has 1 aromatic rings. The first-order valence-electron chi connectivity index (χ1n) is 9.70. The zero-order chi connectivity index (χ0) is 18.1. The molecule has 0 saturated carbocycles. The maximum Gasteiger partial charge on any atom is 0.253 e. The predicted molar refractivity (Wildman–Crippen MR) is 105 cm³/mol. The van der Waals surface area contributed by atoms with Crippen molar-refractivity contribution >= 4 is 24.2 Å². The lowest BCUT2D eigenvalue weighted by Gasteiger charge is -2.36. The Balaban J connectivity index is 0.00000210. The van der Waals surface area contributed by atoms with Gasteiger partial charge in [0.15, 0.2) is 0 Å². The molecule has 3 saturated heterocycles. The molecule has 0 aromatic heterocycles. The standard InChI is InChI=1S/C20H27N3O3.ClH/c24-18-5-1-15(2-6-18)20(26)23-9-7-22(8-10-23)19(25)13-14-11-16-3-4-17(12-14)21-16;/h1-2,5-6,14,16-17,21,24H,3-4,7-13H2;1H. The Labute approximate surface area is 166 Å². The minimum absolute atomic E-state index is 0. The Morgan fingerprint density at radius 3 is 2.11 bits per heavy atom. The molecule has 3 aliphatic heterocycles. The van der Waals surface area contributed by atoms with Gasteiger partial charge >= 0.3 is 0 Å². The summed E-state index contributed by atoms with van der Waals surface area (Å²) in [5.74, 6) is 0.876. The van der Waals surface area contributed by atoms with Crippen LogP contribution in [0.4, 0.5) is 0 Å². The number of carbonyl (C=O) groups excluding carboxylic acids is 2. The van der Waals surface area contributed by atoms with Crippen molar-refractivity contribution in [2.75, 3.05) is 26.2 Å². The summed E-state index contributed by atoms with van der Waals surface area (Å²) in [6, 6.07) is 7.57. The number of aromatic hydroxyl groups is 1. The number of piperidine rings is 1. The molecule has 1 aromatic carbocycles. The van der Waals surface area contributed by atoms with E-state index in [1.54, 1.807) is 17.0 Å². The summed E-state index contributed by atoms with van der Waals surface area (Å²) in [6.07, 6.45) is 5.42. The third-order valence-electron chi connectivity index (χ3n) is 6.07. The highest BCUT2D eigenvalue weighted by molar-refractivity contribution is 5.94. The molecule has 27 heavy (non-hydrogen) atoms. The second-order valence-electron chi connectivity index (χ2n) is 7.90. The molecule has 4 rings (SSSR count). The van der Waals surface area contributed by atoms with Crippen molar-refractivity contribution in [2.45, 2.75) is 44.2 Å². The van der Waals surface area contributed by atoms with Gasteiger partial charge in [0.05, 0.1) is 0 Å². The van der Waals surface area contributed by atoms with Gasteiger partial charge in [-0.25, -0.2) is 0 Å². The van der Waals surface area contributed by atoms with E-state index in [0.717, 1.165) is 12.8 Å². The van der Waals surface area contributed by atoms with E-state index in [2.05, 4.69) is 5.32 Å². The molecular formula is C20H28ClN3O3. The van der Waals surface area contributed by atoms with Crippen LogP contribution in [0, 0.1) is 5.92 Å². The largest absolute Gasteiger partial charge is 0.508 e. The smallest absolute Gasteiger partial charge is 0.253 e. The van der Waals surface area contributed by atoms with Crippen molar-refractivity contribution in [2.24, 2.45) is 5.92 Å². The molecule has 2 unspecified atom stereocenters. The normalized spacial score (nSPS) is 27.2. The van der Waals surface area contributed by atoms with Gasteiger partial charge in [-0.05, 0) is 55.9 Å². The lowest BCUT2D eigenvalue weighted by Crippen LogP contribution is -2.51. The lowest BCUT2D eigenvalue weighted by molar-refractivity contribution is -0.134. The average Bonchev–Trinajstić information content (AvgIpc) is 3.00. The Morgan fingerprint density at radius 2 is 1.52 bits per heavy atom. The van der Waals surface area contributed by atoms with Gasteiger partial charge in [0.1, 0.15) is 5.75 Å². The molecule has 2 atom stereocenters. The fraction of sp³-hybridized carbons (Fsp3) is 0.600. The van der Waals surface area contributed by atoms with Crippen molar-refractivity contribution in [1.82, 2.24) is 15.1 Å². The number of piperazine rings is 1. The molecular weight excluding hydrogens is 366 g/mol. The molecule has 2 N–H and O–H groups in total. The highest BCUT2D eigenvalue weighted by atomic mass is 35.5. The van der Waals surface area contributed by atoms with Crippen molar-refractivity contribution in [3.63, 3.8) is 0 Å². The number of hydrogen-bond acceptors (Lipinski definition) is 4. The number of nitrogens with zero attached hydrogens (tertiary/aromatic N) is 2. The van der Waals surface area contributed by atoms with E-state index in [1.165, 1.54) is 25.0 Å². The molecule has 7 heteroatoms. The highest BCUT2D eigenvalue weighted by Crippen LogP contribution is 2.33. The number of fused-ring (bicyclic) bond motifs is 2. The zero-order valence-corrected chi connectivity index (χ0v) is 16.3. The Kier molecular flexibility index (Phi) is 6.27. The average molecular weight is 394 g/mol. The molecule has 3 fully saturated rings. The van der Waals surface area contributed by atoms with Crippen LogP contribution in [0.5, 0.6) is 5.75 Å². The van der Waals surface area contributed by atoms with Crippen LogP contribution in [0.3, 0.4) is 0 Å². The molecule has 0 aliphatic carbocycles. The number of halogens is 1. The first-order chi connectivity index (χ1) is 12.6. The summed E-state index contributed by atoms with van der Waals surface area (Å²) in [5, 5.41) is 13.0.